The molecule has 1 unspecified atom stereocenters. The van der Waals surface area contributed by atoms with Gasteiger partial charge < -0.3 is 14.6 Å². The fourth-order valence-electron chi connectivity index (χ4n) is 3.79. The van der Waals surface area contributed by atoms with E-state index in [-0.39, 0.29) is 11.9 Å². The molecule has 0 aliphatic carbocycles. The number of hydrogen-bond acceptors (Lipinski definition) is 6. The summed E-state index contributed by atoms with van der Waals surface area (Å²) in [5, 5.41) is 12.4. The third-order valence-corrected chi connectivity index (χ3v) is 6.40. The zero-order chi connectivity index (χ0) is 21.6. The molecule has 1 atom stereocenters. The van der Waals surface area contributed by atoms with E-state index in [1.54, 1.807) is 7.11 Å². The number of aromatic nitrogens is 3. The zero-order valence-electron chi connectivity index (χ0n) is 17.8. The molecule has 31 heavy (non-hydrogen) atoms. The van der Waals surface area contributed by atoms with Gasteiger partial charge in [-0.05, 0) is 24.1 Å². The van der Waals surface area contributed by atoms with E-state index in [0.717, 1.165) is 43.2 Å². The van der Waals surface area contributed by atoms with Crippen molar-refractivity contribution in [2.75, 3.05) is 26.0 Å². The Kier molecular flexibility index (Phi) is 6.89. The van der Waals surface area contributed by atoms with Gasteiger partial charge in [0, 0.05) is 38.3 Å². The SMILES string of the molecule is COc1cccc(-c2nnc(SCC(=O)NC3CCN(Cc4ccccc4)C3)n2C)c1. The van der Waals surface area contributed by atoms with Crippen molar-refractivity contribution in [3.05, 3.63) is 60.2 Å². The van der Waals surface area contributed by atoms with Crippen molar-refractivity contribution in [1.29, 1.82) is 0 Å². The summed E-state index contributed by atoms with van der Waals surface area (Å²) in [7, 11) is 3.55. The zero-order valence-corrected chi connectivity index (χ0v) is 18.6. The lowest BCUT2D eigenvalue weighted by Gasteiger charge is -2.16. The van der Waals surface area contributed by atoms with Gasteiger partial charge in [-0.25, -0.2) is 0 Å². The second kappa shape index (κ2) is 9.98. The van der Waals surface area contributed by atoms with Crippen LogP contribution in [0.5, 0.6) is 5.75 Å². The Morgan fingerprint density at radius 3 is 2.84 bits per heavy atom. The highest BCUT2D eigenvalue weighted by Gasteiger charge is 2.24. The largest absolute Gasteiger partial charge is 0.497 e. The maximum atomic E-state index is 12.5. The Labute approximate surface area is 186 Å². The monoisotopic (exact) mass is 437 g/mol. The molecule has 2 aromatic carbocycles. The molecule has 1 aliphatic heterocycles. The number of methoxy groups -OCH3 is 1. The molecule has 4 rings (SSSR count). The molecule has 0 spiro atoms. The molecule has 8 heteroatoms. The van der Waals surface area contributed by atoms with Gasteiger partial charge in [0.2, 0.25) is 5.91 Å². The first-order valence-electron chi connectivity index (χ1n) is 10.3. The van der Waals surface area contributed by atoms with E-state index in [2.05, 4.69) is 44.7 Å². The van der Waals surface area contributed by atoms with Crippen molar-refractivity contribution in [3.8, 4) is 17.1 Å². The minimum absolute atomic E-state index is 0.0301. The van der Waals surface area contributed by atoms with Crippen molar-refractivity contribution < 1.29 is 9.53 Å². The van der Waals surface area contributed by atoms with Gasteiger partial charge in [0.15, 0.2) is 11.0 Å². The van der Waals surface area contributed by atoms with Crippen LogP contribution in [0.3, 0.4) is 0 Å². The predicted octanol–water partition coefficient (Wildman–Crippen LogP) is 2.97. The highest BCUT2D eigenvalue weighted by Crippen LogP contribution is 2.25. The summed E-state index contributed by atoms with van der Waals surface area (Å²) in [5.41, 5.74) is 2.23. The average molecular weight is 438 g/mol. The van der Waals surface area contributed by atoms with Crippen LogP contribution in [0.1, 0.15) is 12.0 Å². The van der Waals surface area contributed by atoms with E-state index in [9.17, 15) is 4.79 Å². The van der Waals surface area contributed by atoms with Gasteiger partial charge in [-0.3, -0.25) is 9.69 Å². The summed E-state index contributed by atoms with van der Waals surface area (Å²) in [6, 6.07) is 18.3. The standard InChI is InChI=1S/C23H27N5O2S/c1-27-22(18-9-6-10-20(13-18)30-2)25-26-23(27)31-16-21(29)24-19-11-12-28(15-19)14-17-7-4-3-5-8-17/h3-10,13,19H,11-12,14-16H2,1-2H3,(H,24,29). The van der Waals surface area contributed by atoms with Crippen molar-refractivity contribution in [3.63, 3.8) is 0 Å². The molecule has 1 N–H and O–H groups in total. The normalized spacial score (nSPS) is 16.4. The van der Waals surface area contributed by atoms with Crippen LogP contribution in [-0.4, -0.2) is 57.6 Å². The lowest BCUT2D eigenvalue weighted by Crippen LogP contribution is -2.38. The molecule has 0 radical (unpaired) electrons. The summed E-state index contributed by atoms with van der Waals surface area (Å²) in [6.07, 6.45) is 0.979. The van der Waals surface area contributed by atoms with Gasteiger partial charge in [-0.2, -0.15) is 0 Å². The molecule has 2 heterocycles. The Bertz CT molecular complexity index is 1020. The van der Waals surface area contributed by atoms with Crippen molar-refractivity contribution in [1.82, 2.24) is 25.0 Å². The van der Waals surface area contributed by atoms with Gasteiger partial charge in [0.1, 0.15) is 5.75 Å². The number of carbonyl (C=O) groups is 1. The van der Waals surface area contributed by atoms with E-state index in [4.69, 9.17) is 4.74 Å². The highest BCUT2D eigenvalue weighted by atomic mass is 32.2. The molecular weight excluding hydrogens is 410 g/mol. The summed E-state index contributed by atoms with van der Waals surface area (Å²) in [4.78, 5) is 14.9. The smallest absolute Gasteiger partial charge is 0.230 e. The third-order valence-electron chi connectivity index (χ3n) is 5.38. The summed E-state index contributed by atoms with van der Waals surface area (Å²) >= 11 is 1.40. The fourth-order valence-corrected chi connectivity index (χ4v) is 4.51. The van der Waals surface area contributed by atoms with Crippen LogP contribution in [0, 0.1) is 0 Å². The van der Waals surface area contributed by atoms with E-state index in [0.29, 0.717) is 10.9 Å². The molecule has 0 bridgehead atoms. The lowest BCUT2D eigenvalue weighted by molar-refractivity contribution is -0.119. The quantitative estimate of drug-likeness (QED) is 0.547. The fraction of sp³-hybridized carbons (Fsp3) is 0.348. The maximum absolute atomic E-state index is 12.5. The second-order valence-electron chi connectivity index (χ2n) is 7.66. The van der Waals surface area contributed by atoms with Crippen LogP contribution in [0.4, 0.5) is 0 Å². The van der Waals surface area contributed by atoms with Crippen LogP contribution in [0.15, 0.2) is 59.8 Å². The minimum atomic E-state index is 0.0301. The number of nitrogens with zero attached hydrogens (tertiary/aromatic N) is 4. The number of nitrogens with one attached hydrogen (secondary N) is 1. The Balaban J connectivity index is 1.27. The van der Waals surface area contributed by atoms with E-state index in [1.807, 2.05) is 41.9 Å². The summed E-state index contributed by atoms with van der Waals surface area (Å²) < 4.78 is 7.19. The molecular formula is C23H27N5O2S. The first-order valence-corrected chi connectivity index (χ1v) is 11.3. The summed E-state index contributed by atoms with van der Waals surface area (Å²) in [6.45, 7) is 2.81. The second-order valence-corrected chi connectivity index (χ2v) is 8.60. The Morgan fingerprint density at radius 2 is 2.03 bits per heavy atom. The van der Waals surface area contributed by atoms with Crippen LogP contribution < -0.4 is 10.1 Å². The number of benzene rings is 2. The molecule has 1 aromatic heterocycles. The van der Waals surface area contributed by atoms with Crippen molar-refractivity contribution in [2.24, 2.45) is 7.05 Å². The van der Waals surface area contributed by atoms with Crippen LogP contribution >= 0.6 is 11.8 Å². The Hall–Kier alpha value is -2.84. The molecule has 1 amide bonds. The predicted molar refractivity (Wildman–Crippen MR) is 122 cm³/mol. The number of amides is 1. The number of likely N-dealkylation sites (tertiary alicyclic amines) is 1. The van der Waals surface area contributed by atoms with Crippen molar-refractivity contribution in [2.45, 2.75) is 24.2 Å². The van der Waals surface area contributed by atoms with E-state index < -0.39 is 0 Å². The molecule has 1 fully saturated rings. The van der Waals surface area contributed by atoms with Gasteiger partial charge in [-0.1, -0.05) is 54.2 Å². The first-order chi connectivity index (χ1) is 15.1. The van der Waals surface area contributed by atoms with Gasteiger partial charge in [0.05, 0.1) is 12.9 Å². The Morgan fingerprint density at radius 1 is 1.19 bits per heavy atom. The topological polar surface area (TPSA) is 72.3 Å². The van der Waals surface area contributed by atoms with Crippen LogP contribution in [-0.2, 0) is 18.4 Å². The first kappa shape index (κ1) is 21.4. The number of thioether (sulfide) groups is 1. The lowest BCUT2D eigenvalue weighted by atomic mass is 10.2. The third kappa shape index (κ3) is 5.45. The maximum Gasteiger partial charge on any atom is 0.230 e. The van der Waals surface area contributed by atoms with Crippen LogP contribution in [0.2, 0.25) is 0 Å². The molecule has 1 saturated heterocycles. The van der Waals surface area contributed by atoms with E-state index in [1.165, 1.54) is 17.3 Å². The van der Waals surface area contributed by atoms with E-state index >= 15 is 0 Å². The number of ether oxygens (including phenoxy) is 1. The highest BCUT2D eigenvalue weighted by molar-refractivity contribution is 7.99. The number of hydrogen-bond donors (Lipinski definition) is 1. The number of rotatable bonds is 8. The van der Waals surface area contributed by atoms with Gasteiger partial charge >= 0.3 is 0 Å². The molecule has 1 aliphatic rings. The minimum Gasteiger partial charge on any atom is -0.497 e. The van der Waals surface area contributed by atoms with Gasteiger partial charge in [0.25, 0.3) is 0 Å². The molecule has 0 saturated carbocycles. The number of carbonyl (C=O) groups excluding carboxylic acids is 1. The molecule has 162 valence electrons. The molecule has 7 nitrogen and oxygen atoms in total. The van der Waals surface area contributed by atoms with Crippen molar-refractivity contribution >= 4 is 17.7 Å². The van der Waals surface area contributed by atoms with Gasteiger partial charge in [-0.15, -0.1) is 10.2 Å². The summed E-state index contributed by atoms with van der Waals surface area (Å²) in [5.74, 6) is 1.86. The average Bonchev–Trinajstić information content (AvgIpc) is 3.39. The molecule has 3 aromatic rings. The van der Waals surface area contributed by atoms with Crippen LogP contribution in [0.25, 0.3) is 11.4 Å².